The molecule has 0 bridgehead atoms. The maximum atomic E-state index is 12.6. The van der Waals surface area contributed by atoms with E-state index in [4.69, 9.17) is 9.15 Å². The molecule has 0 saturated carbocycles. The normalized spacial score (nSPS) is 20.2. The van der Waals surface area contributed by atoms with E-state index < -0.39 is 0 Å². The van der Waals surface area contributed by atoms with Gasteiger partial charge < -0.3 is 19.4 Å². The number of nitrogens with zero attached hydrogens (tertiary/aromatic N) is 1. The molecule has 1 aromatic carbocycles. The number of furan rings is 1. The monoisotopic (exact) mass is 340 g/mol. The smallest absolute Gasteiger partial charge is 0.322 e. The molecule has 6 heteroatoms. The molecule has 1 aliphatic heterocycles. The topological polar surface area (TPSA) is 71.8 Å². The van der Waals surface area contributed by atoms with Crippen molar-refractivity contribution in [3.63, 3.8) is 0 Å². The largest absolute Gasteiger partial charge is 0.467 e. The summed E-state index contributed by atoms with van der Waals surface area (Å²) in [6.45, 7) is 1.41. The lowest BCUT2D eigenvalue weighted by Crippen LogP contribution is -2.44. The highest BCUT2D eigenvalue weighted by atomic mass is 16.5. The van der Waals surface area contributed by atoms with Gasteiger partial charge in [-0.2, -0.15) is 0 Å². The molecule has 2 amide bonds. The van der Waals surface area contributed by atoms with E-state index in [1.807, 2.05) is 24.3 Å². The first-order valence-electron chi connectivity index (χ1n) is 8.58. The van der Waals surface area contributed by atoms with Gasteiger partial charge >= 0.3 is 6.03 Å². The second kappa shape index (κ2) is 6.72. The van der Waals surface area contributed by atoms with E-state index in [0.717, 1.165) is 29.7 Å². The molecule has 0 spiro atoms. The van der Waals surface area contributed by atoms with Gasteiger partial charge in [-0.05, 0) is 42.7 Å². The van der Waals surface area contributed by atoms with E-state index in [9.17, 15) is 9.59 Å². The summed E-state index contributed by atoms with van der Waals surface area (Å²) in [7, 11) is 0. The zero-order chi connectivity index (χ0) is 17.2. The van der Waals surface area contributed by atoms with Crippen LogP contribution in [0.15, 0.2) is 41.0 Å². The average molecular weight is 340 g/mol. The number of morpholine rings is 1. The fraction of sp³-hybridized carbons (Fsp3) is 0.368. The summed E-state index contributed by atoms with van der Waals surface area (Å²) >= 11 is 0. The molecule has 1 atom stereocenters. The number of rotatable bonds is 2. The first kappa shape index (κ1) is 15.9. The fourth-order valence-corrected chi connectivity index (χ4v) is 3.39. The number of aryl methyl sites for hydroxylation is 1. The first-order valence-corrected chi connectivity index (χ1v) is 8.58. The number of benzene rings is 1. The van der Waals surface area contributed by atoms with Gasteiger partial charge in [0.1, 0.15) is 11.9 Å². The maximum Gasteiger partial charge on any atom is 0.322 e. The number of hydrogen-bond acceptors (Lipinski definition) is 4. The van der Waals surface area contributed by atoms with Crippen molar-refractivity contribution in [2.45, 2.75) is 25.4 Å². The van der Waals surface area contributed by atoms with Gasteiger partial charge in [0, 0.05) is 24.2 Å². The SMILES string of the molecule is O=C1CCCc2ccc(NC(=O)N3CCOC(c4ccco4)C3)cc21. The molecule has 1 aliphatic carbocycles. The van der Waals surface area contributed by atoms with Crippen molar-refractivity contribution in [2.75, 3.05) is 25.0 Å². The standard InChI is InChI=1S/C19H20N2O4/c22-16-4-1-3-13-6-7-14(11-15(13)16)20-19(23)21-8-10-25-18(12-21)17-5-2-9-24-17/h2,5-7,9,11,18H,1,3-4,8,10,12H2,(H,20,23). The molecule has 0 radical (unpaired) electrons. The Morgan fingerprint density at radius 3 is 3.00 bits per heavy atom. The van der Waals surface area contributed by atoms with Crippen LogP contribution in [-0.4, -0.2) is 36.4 Å². The summed E-state index contributed by atoms with van der Waals surface area (Å²) in [5, 5.41) is 2.90. The van der Waals surface area contributed by atoms with Crippen molar-refractivity contribution in [2.24, 2.45) is 0 Å². The van der Waals surface area contributed by atoms with E-state index in [-0.39, 0.29) is 17.9 Å². The number of carbonyl (C=O) groups is 2. The maximum absolute atomic E-state index is 12.6. The van der Waals surface area contributed by atoms with E-state index in [0.29, 0.717) is 31.8 Å². The molecule has 25 heavy (non-hydrogen) atoms. The third-order valence-corrected chi connectivity index (χ3v) is 4.73. The van der Waals surface area contributed by atoms with E-state index in [2.05, 4.69) is 5.32 Å². The number of nitrogens with one attached hydrogen (secondary N) is 1. The molecule has 4 rings (SSSR count). The number of anilines is 1. The number of carbonyl (C=O) groups excluding carboxylic acids is 2. The quantitative estimate of drug-likeness (QED) is 0.909. The zero-order valence-corrected chi connectivity index (χ0v) is 13.9. The minimum atomic E-state index is -0.250. The lowest BCUT2D eigenvalue weighted by molar-refractivity contribution is -0.0242. The van der Waals surface area contributed by atoms with Crippen LogP contribution < -0.4 is 5.32 Å². The molecule has 1 saturated heterocycles. The number of fused-ring (bicyclic) bond motifs is 1. The number of ketones is 1. The molecule has 130 valence electrons. The lowest BCUT2D eigenvalue weighted by Gasteiger charge is -2.32. The van der Waals surface area contributed by atoms with Crippen molar-refractivity contribution in [1.29, 1.82) is 0 Å². The number of Topliss-reactive ketones (excluding diaryl/α,β-unsaturated/α-hetero) is 1. The Labute approximate surface area is 145 Å². The molecule has 1 aromatic heterocycles. The lowest BCUT2D eigenvalue weighted by atomic mass is 9.90. The van der Waals surface area contributed by atoms with Crippen LogP contribution in [0.4, 0.5) is 10.5 Å². The molecule has 2 aromatic rings. The van der Waals surface area contributed by atoms with Crippen LogP contribution in [0.5, 0.6) is 0 Å². The minimum absolute atomic E-state index is 0.154. The van der Waals surface area contributed by atoms with Crippen LogP contribution in [0, 0.1) is 0 Å². The fourth-order valence-electron chi connectivity index (χ4n) is 3.39. The summed E-state index contributed by atoms with van der Waals surface area (Å²) in [6, 6.07) is 9.05. The Balaban J connectivity index is 1.45. The highest BCUT2D eigenvalue weighted by molar-refractivity contribution is 6.00. The van der Waals surface area contributed by atoms with Crippen LogP contribution in [0.3, 0.4) is 0 Å². The molecule has 1 N–H and O–H groups in total. The summed E-state index contributed by atoms with van der Waals surface area (Å²) < 4.78 is 11.1. The number of urea groups is 1. The Morgan fingerprint density at radius 2 is 2.16 bits per heavy atom. The molecular weight excluding hydrogens is 320 g/mol. The predicted molar refractivity (Wildman–Crippen MR) is 91.7 cm³/mol. The zero-order valence-electron chi connectivity index (χ0n) is 13.9. The van der Waals surface area contributed by atoms with Crippen LogP contribution in [-0.2, 0) is 11.2 Å². The summed E-state index contributed by atoms with van der Waals surface area (Å²) in [5.74, 6) is 0.874. The minimum Gasteiger partial charge on any atom is -0.467 e. The van der Waals surface area contributed by atoms with Gasteiger partial charge in [0.2, 0.25) is 0 Å². The van der Waals surface area contributed by atoms with Crippen LogP contribution >= 0.6 is 0 Å². The van der Waals surface area contributed by atoms with E-state index >= 15 is 0 Å². The number of amides is 2. The van der Waals surface area contributed by atoms with Crippen molar-refractivity contribution in [3.8, 4) is 0 Å². The van der Waals surface area contributed by atoms with Crippen molar-refractivity contribution in [3.05, 3.63) is 53.5 Å². The Bertz CT molecular complexity index is 785. The average Bonchev–Trinajstić information content (AvgIpc) is 3.17. The van der Waals surface area contributed by atoms with E-state index in [1.54, 1.807) is 17.2 Å². The highest BCUT2D eigenvalue weighted by Gasteiger charge is 2.27. The predicted octanol–water partition coefficient (Wildman–Crippen LogP) is 3.40. The number of ether oxygens (including phenoxy) is 1. The van der Waals surface area contributed by atoms with Gasteiger partial charge in [0.05, 0.1) is 19.4 Å². The van der Waals surface area contributed by atoms with Gasteiger partial charge in [0.25, 0.3) is 0 Å². The van der Waals surface area contributed by atoms with Crippen LogP contribution in [0.2, 0.25) is 0 Å². The molecular formula is C19H20N2O4. The Morgan fingerprint density at radius 1 is 1.24 bits per heavy atom. The summed E-state index contributed by atoms with van der Waals surface area (Å²) in [5.41, 5.74) is 2.46. The van der Waals surface area contributed by atoms with Crippen LogP contribution in [0.25, 0.3) is 0 Å². The third-order valence-electron chi connectivity index (χ3n) is 4.73. The molecule has 1 fully saturated rings. The number of hydrogen-bond donors (Lipinski definition) is 1. The molecule has 2 aliphatic rings. The molecule has 6 nitrogen and oxygen atoms in total. The van der Waals surface area contributed by atoms with Crippen LogP contribution in [0.1, 0.15) is 40.6 Å². The second-order valence-corrected chi connectivity index (χ2v) is 6.40. The summed E-state index contributed by atoms with van der Waals surface area (Å²) in [4.78, 5) is 26.3. The van der Waals surface area contributed by atoms with Gasteiger partial charge in [-0.15, -0.1) is 0 Å². The highest BCUT2D eigenvalue weighted by Crippen LogP contribution is 2.26. The molecule has 1 unspecified atom stereocenters. The van der Waals surface area contributed by atoms with Gasteiger partial charge in [-0.3, -0.25) is 4.79 Å². The van der Waals surface area contributed by atoms with Gasteiger partial charge in [0.15, 0.2) is 5.78 Å². The van der Waals surface area contributed by atoms with Crippen molar-refractivity contribution >= 4 is 17.5 Å². The van der Waals surface area contributed by atoms with Gasteiger partial charge in [-0.1, -0.05) is 6.07 Å². The van der Waals surface area contributed by atoms with Crippen molar-refractivity contribution in [1.82, 2.24) is 4.90 Å². The first-order chi connectivity index (χ1) is 12.2. The van der Waals surface area contributed by atoms with E-state index in [1.165, 1.54) is 0 Å². The van der Waals surface area contributed by atoms with Crippen molar-refractivity contribution < 1.29 is 18.7 Å². The third kappa shape index (κ3) is 3.30. The van der Waals surface area contributed by atoms with Gasteiger partial charge in [-0.25, -0.2) is 4.79 Å². The Kier molecular flexibility index (Phi) is 4.28. The Hall–Kier alpha value is -2.60. The molecule has 2 heterocycles. The summed E-state index contributed by atoms with van der Waals surface area (Å²) in [6.07, 6.45) is 3.75. The second-order valence-electron chi connectivity index (χ2n) is 6.40.